The van der Waals surface area contributed by atoms with E-state index < -0.39 is 10.0 Å². The van der Waals surface area contributed by atoms with Gasteiger partial charge in [-0.25, -0.2) is 13.1 Å². The third-order valence-electron chi connectivity index (χ3n) is 4.72. The second-order valence-corrected chi connectivity index (χ2v) is 8.77. The molecule has 2 rings (SSSR count). The van der Waals surface area contributed by atoms with Crippen LogP contribution in [0.2, 0.25) is 0 Å². The molecule has 2 aromatic carbocycles. The minimum atomic E-state index is -3.68. The zero-order valence-electron chi connectivity index (χ0n) is 16.9. The molecule has 0 heterocycles. The molecule has 0 radical (unpaired) electrons. The SMILES string of the molecule is COc1ccc(C(CC(C)C)NS(=O)(=O)c2ccc(OC)c(C)c2C)cc1. The van der Waals surface area contributed by atoms with Gasteiger partial charge in [-0.1, -0.05) is 26.0 Å². The quantitative estimate of drug-likeness (QED) is 0.725. The van der Waals surface area contributed by atoms with E-state index in [2.05, 4.69) is 18.6 Å². The van der Waals surface area contributed by atoms with Crippen molar-refractivity contribution in [3.8, 4) is 11.5 Å². The minimum absolute atomic E-state index is 0.281. The van der Waals surface area contributed by atoms with E-state index in [4.69, 9.17) is 9.47 Å². The molecule has 148 valence electrons. The highest BCUT2D eigenvalue weighted by atomic mass is 32.2. The van der Waals surface area contributed by atoms with Gasteiger partial charge < -0.3 is 9.47 Å². The smallest absolute Gasteiger partial charge is 0.241 e. The van der Waals surface area contributed by atoms with Gasteiger partial charge in [0.2, 0.25) is 10.0 Å². The number of benzene rings is 2. The van der Waals surface area contributed by atoms with Crippen molar-refractivity contribution in [1.82, 2.24) is 4.72 Å². The monoisotopic (exact) mass is 391 g/mol. The Balaban J connectivity index is 2.39. The summed E-state index contributed by atoms with van der Waals surface area (Å²) in [7, 11) is -0.495. The fourth-order valence-electron chi connectivity index (χ4n) is 3.09. The Hall–Kier alpha value is -2.05. The highest BCUT2D eigenvalue weighted by molar-refractivity contribution is 7.89. The molecule has 1 atom stereocenters. The largest absolute Gasteiger partial charge is 0.497 e. The summed E-state index contributed by atoms with van der Waals surface area (Å²) in [5, 5.41) is 0. The molecule has 0 bridgehead atoms. The van der Waals surface area contributed by atoms with Crippen LogP contribution in [0.15, 0.2) is 41.3 Å². The van der Waals surface area contributed by atoms with Crippen LogP contribution in [0.1, 0.15) is 43.0 Å². The van der Waals surface area contributed by atoms with Gasteiger partial charge in [0.15, 0.2) is 0 Å². The molecule has 6 heteroatoms. The molecule has 0 aliphatic heterocycles. The lowest BCUT2D eigenvalue weighted by atomic mass is 9.98. The lowest BCUT2D eigenvalue weighted by molar-refractivity contribution is 0.410. The Morgan fingerprint density at radius 2 is 1.56 bits per heavy atom. The van der Waals surface area contributed by atoms with E-state index in [0.29, 0.717) is 23.7 Å². The van der Waals surface area contributed by atoms with E-state index >= 15 is 0 Å². The fraction of sp³-hybridized carbons (Fsp3) is 0.429. The summed E-state index contributed by atoms with van der Waals surface area (Å²) in [6, 6.07) is 10.5. The standard InChI is InChI=1S/C21H29NO4S/c1-14(2)13-19(17-7-9-18(25-5)10-8-17)22-27(23,24)21-12-11-20(26-6)15(3)16(21)4/h7-12,14,19,22H,13H2,1-6H3. The van der Waals surface area contributed by atoms with Crippen molar-refractivity contribution in [2.45, 2.75) is 45.1 Å². The first-order valence-corrected chi connectivity index (χ1v) is 10.5. The van der Waals surface area contributed by atoms with Crippen LogP contribution in [0.4, 0.5) is 0 Å². The third-order valence-corrected chi connectivity index (χ3v) is 6.34. The van der Waals surface area contributed by atoms with Crippen LogP contribution in [-0.4, -0.2) is 22.6 Å². The van der Waals surface area contributed by atoms with E-state index in [1.165, 1.54) is 0 Å². The Labute approximate surface area is 162 Å². The fourth-order valence-corrected chi connectivity index (χ4v) is 4.63. The number of hydrogen-bond acceptors (Lipinski definition) is 4. The Morgan fingerprint density at radius 1 is 0.926 bits per heavy atom. The van der Waals surface area contributed by atoms with Crippen molar-refractivity contribution in [2.75, 3.05) is 14.2 Å². The molecular weight excluding hydrogens is 362 g/mol. The average molecular weight is 392 g/mol. The van der Waals surface area contributed by atoms with Gasteiger partial charge in [0, 0.05) is 6.04 Å². The molecule has 2 aromatic rings. The first-order chi connectivity index (χ1) is 12.7. The molecule has 0 aliphatic carbocycles. The average Bonchev–Trinajstić information content (AvgIpc) is 2.62. The van der Waals surface area contributed by atoms with Crippen LogP contribution >= 0.6 is 0 Å². The first-order valence-electron chi connectivity index (χ1n) is 9.00. The molecule has 0 fully saturated rings. The predicted molar refractivity (Wildman–Crippen MR) is 108 cm³/mol. The van der Waals surface area contributed by atoms with Gasteiger partial charge in [-0.3, -0.25) is 0 Å². The zero-order valence-corrected chi connectivity index (χ0v) is 17.7. The highest BCUT2D eigenvalue weighted by Crippen LogP contribution is 2.30. The summed E-state index contributed by atoms with van der Waals surface area (Å²) in [5.41, 5.74) is 2.43. The molecule has 0 aliphatic rings. The molecule has 0 saturated carbocycles. The maximum atomic E-state index is 13.1. The number of sulfonamides is 1. The second-order valence-electron chi connectivity index (χ2n) is 7.09. The maximum Gasteiger partial charge on any atom is 0.241 e. The molecule has 1 unspecified atom stereocenters. The van der Waals surface area contributed by atoms with Crippen LogP contribution < -0.4 is 14.2 Å². The summed E-state index contributed by atoms with van der Waals surface area (Å²) in [5.74, 6) is 1.75. The molecule has 0 saturated heterocycles. The van der Waals surface area contributed by atoms with Crippen molar-refractivity contribution in [2.24, 2.45) is 5.92 Å². The first kappa shape index (κ1) is 21.3. The molecule has 27 heavy (non-hydrogen) atoms. The van der Waals surface area contributed by atoms with Crippen LogP contribution in [0.3, 0.4) is 0 Å². The predicted octanol–water partition coefficient (Wildman–Crippen LogP) is 4.39. The van der Waals surface area contributed by atoms with Gasteiger partial charge in [-0.15, -0.1) is 0 Å². The van der Waals surface area contributed by atoms with Crippen molar-refractivity contribution in [3.63, 3.8) is 0 Å². The lowest BCUT2D eigenvalue weighted by Gasteiger charge is -2.22. The molecule has 0 amide bonds. The molecule has 1 N–H and O–H groups in total. The van der Waals surface area contributed by atoms with Crippen LogP contribution in [-0.2, 0) is 10.0 Å². The van der Waals surface area contributed by atoms with Crippen molar-refractivity contribution in [1.29, 1.82) is 0 Å². The molecule has 0 aromatic heterocycles. The van der Waals surface area contributed by atoms with Crippen molar-refractivity contribution < 1.29 is 17.9 Å². The summed E-state index contributed by atoms with van der Waals surface area (Å²) in [4.78, 5) is 0.281. The van der Waals surface area contributed by atoms with E-state index in [9.17, 15) is 8.42 Å². The molecule has 0 spiro atoms. The third kappa shape index (κ3) is 5.02. The summed E-state index contributed by atoms with van der Waals surface area (Å²) >= 11 is 0. The normalized spacial score (nSPS) is 12.9. The van der Waals surface area contributed by atoms with Crippen LogP contribution in [0.5, 0.6) is 11.5 Å². The number of nitrogens with one attached hydrogen (secondary N) is 1. The van der Waals surface area contributed by atoms with Gasteiger partial charge >= 0.3 is 0 Å². The second kappa shape index (κ2) is 8.76. The maximum absolute atomic E-state index is 13.1. The van der Waals surface area contributed by atoms with Crippen molar-refractivity contribution in [3.05, 3.63) is 53.1 Å². The van der Waals surface area contributed by atoms with Gasteiger partial charge in [0.05, 0.1) is 19.1 Å². The number of methoxy groups -OCH3 is 2. The van der Waals surface area contributed by atoms with E-state index in [1.54, 1.807) is 33.3 Å². The van der Waals surface area contributed by atoms with E-state index in [1.807, 2.05) is 31.2 Å². The number of rotatable bonds is 8. The van der Waals surface area contributed by atoms with E-state index in [0.717, 1.165) is 16.9 Å². The Kier molecular flexibility index (Phi) is 6.89. The van der Waals surface area contributed by atoms with Crippen molar-refractivity contribution >= 4 is 10.0 Å². The van der Waals surface area contributed by atoms with Gasteiger partial charge in [-0.2, -0.15) is 0 Å². The number of hydrogen-bond donors (Lipinski definition) is 1. The Morgan fingerprint density at radius 3 is 2.07 bits per heavy atom. The van der Waals surface area contributed by atoms with Gasteiger partial charge in [0.1, 0.15) is 11.5 Å². The summed E-state index contributed by atoms with van der Waals surface area (Å²) in [6.45, 7) is 7.82. The minimum Gasteiger partial charge on any atom is -0.497 e. The molecular formula is C21H29NO4S. The van der Waals surface area contributed by atoms with Crippen LogP contribution in [0, 0.1) is 19.8 Å². The topological polar surface area (TPSA) is 64.6 Å². The molecule has 5 nitrogen and oxygen atoms in total. The summed E-state index contributed by atoms with van der Waals surface area (Å²) in [6.07, 6.45) is 0.694. The van der Waals surface area contributed by atoms with E-state index in [-0.39, 0.29) is 10.9 Å². The zero-order chi connectivity index (χ0) is 20.2. The lowest BCUT2D eigenvalue weighted by Crippen LogP contribution is -2.30. The summed E-state index contributed by atoms with van der Waals surface area (Å²) < 4.78 is 39.6. The van der Waals surface area contributed by atoms with Crippen LogP contribution in [0.25, 0.3) is 0 Å². The highest BCUT2D eigenvalue weighted by Gasteiger charge is 2.25. The Bertz CT molecular complexity index is 874. The van der Waals surface area contributed by atoms with Gasteiger partial charge in [-0.05, 0) is 67.1 Å². The van der Waals surface area contributed by atoms with Gasteiger partial charge in [0.25, 0.3) is 0 Å². The number of ether oxygens (including phenoxy) is 2.